The van der Waals surface area contributed by atoms with Crippen molar-refractivity contribution < 1.29 is 47.5 Å². The number of hydrogen-bond acceptors (Lipinski definition) is 11. The van der Waals surface area contributed by atoms with Crippen molar-refractivity contribution in [3.63, 3.8) is 0 Å². The number of carbonyl (C=O) groups is 2. The average Bonchev–Trinajstić information content (AvgIpc) is 3.56. The number of carbonyl (C=O) groups excluding carboxylic acids is 2. The van der Waals surface area contributed by atoms with Crippen LogP contribution in [0.4, 0.5) is 0 Å². The quantitative estimate of drug-likeness (QED) is 0.0953. The molecule has 0 saturated carbocycles. The standard InChI is InChI=1S/C50H51NO10S/c1-3-62-50-40(51-46(52)37-26-16-17-27-38(37)47(51)53)43(42-39(59-50)31-57-48(60-42)36-24-14-7-15-25-36)61-49-45(56-30-35-22-12-6-13-23-35)44(55-29-34-20-10-5-11-21-34)41(32(2)58-49)54-28-33-18-8-4-9-19-33/h4-27,32,39-45,48-50H,3,28-31H2,1-2H3/t32-,39+,40+,41+,42+,43+,44+,45-,48?,49-,50-/m0/s1. The molecule has 2 amide bonds. The van der Waals surface area contributed by atoms with Crippen LogP contribution in [0, 0.1) is 0 Å². The molecule has 5 aromatic rings. The number of fused-ring (bicyclic) bond motifs is 2. The lowest BCUT2D eigenvalue weighted by Gasteiger charge is -2.53. The second kappa shape index (κ2) is 19.8. The minimum atomic E-state index is -1.08. The first kappa shape index (κ1) is 42.6. The summed E-state index contributed by atoms with van der Waals surface area (Å²) < 4.78 is 54.7. The van der Waals surface area contributed by atoms with E-state index in [1.807, 2.05) is 135 Å². The van der Waals surface area contributed by atoms with E-state index in [2.05, 4.69) is 0 Å². The number of imide groups is 1. The number of benzene rings is 5. The molecule has 0 aromatic heterocycles. The number of rotatable bonds is 15. The maximum absolute atomic E-state index is 14.4. The van der Waals surface area contributed by atoms with Gasteiger partial charge >= 0.3 is 0 Å². The minimum Gasteiger partial charge on any atom is -0.368 e. The van der Waals surface area contributed by atoms with Gasteiger partial charge in [-0.05, 0) is 41.5 Å². The number of hydrogen-bond donors (Lipinski definition) is 0. The van der Waals surface area contributed by atoms with Crippen molar-refractivity contribution in [2.75, 3.05) is 12.4 Å². The average molecular weight is 858 g/mol. The Bertz CT molecular complexity index is 2200. The lowest BCUT2D eigenvalue weighted by molar-refractivity contribution is -0.365. The van der Waals surface area contributed by atoms with Crippen LogP contribution in [0.25, 0.3) is 0 Å². The summed E-state index contributed by atoms with van der Waals surface area (Å²) in [5.74, 6) is -0.209. The summed E-state index contributed by atoms with van der Waals surface area (Å²) in [4.78, 5) is 30.2. The van der Waals surface area contributed by atoms with Crippen LogP contribution in [0.5, 0.6) is 0 Å². The van der Waals surface area contributed by atoms with E-state index in [1.54, 1.807) is 24.3 Å². The zero-order valence-electron chi connectivity index (χ0n) is 34.7. The molecule has 62 heavy (non-hydrogen) atoms. The number of amides is 2. The molecule has 5 aromatic carbocycles. The van der Waals surface area contributed by atoms with Crippen LogP contribution in [0.1, 0.15) is 63.1 Å². The maximum Gasteiger partial charge on any atom is 0.262 e. The van der Waals surface area contributed by atoms with Gasteiger partial charge in [-0.1, -0.05) is 140 Å². The highest BCUT2D eigenvalue weighted by Crippen LogP contribution is 2.44. The Morgan fingerprint density at radius 3 is 1.65 bits per heavy atom. The molecule has 0 spiro atoms. The van der Waals surface area contributed by atoms with Crippen molar-refractivity contribution in [1.82, 2.24) is 4.90 Å². The van der Waals surface area contributed by atoms with Gasteiger partial charge in [0.1, 0.15) is 48.1 Å². The van der Waals surface area contributed by atoms with E-state index in [9.17, 15) is 9.59 Å². The molecular weight excluding hydrogens is 807 g/mol. The molecule has 3 saturated heterocycles. The van der Waals surface area contributed by atoms with Crippen molar-refractivity contribution in [2.45, 2.75) is 100 Å². The van der Waals surface area contributed by atoms with E-state index in [4.69, 9.17) is 37.9 Å². The van der Waals surface area contributed by atoms with Crippen molar-refractivity contribution in [2.24, 2.45) is 0 Å². The van der Waals surface area contributed by atoms with Gasteiger partial charge < -0.3 is 37.9 Å². The van der Waals surface area contributed by atoms with Crippen LogP contribution in [0.2, 0.25) is 0 Å². The molecule has 4 aliphatic heterocycles. The normalized spacial score (nSPS) is 29.6. The molecule has 4 aliphatic rings. The third-order valence-electron chi connectivity index (χ3n) is 11.7. The highest BCUT2D eigenvalue weighted by atomic mass is 32.2. The van der Waals surface area contributed by atoms with E-state index in [0.29, 0.717) is 23.5 Å². The van der Waals surface area contributed by atoms with E-state index >= 15 is 0 Å². The number of thioether (sulfide) groups is 1. The molecular formula is C50H51NO10S. The molecule has 4 heterocycles. The maximum atomic E-state index is 14.4. The van der Waals surface area contributed by atoms with E-state index in [1.165, 1.54) is 16.7 Å². The van der Waals surface area contributed by atoms with Crippen molar-refractivity contribution >= 4 is 23.6 Å². The molecule has 11 nitrogen and oxygen atoms in total. The molecule has 0 radical (unpaired) electrons. The fourth-order valence-electron chi connectivity index (χ4n) is 8.68. The summed E-state index contributed by atoms with van der Waals surface area (Å²) in [5, 5.41) is 0. The lowest BCUT2D eigenvalue weighted by atomic mass is 9.94. The van der Waals surface area contributed by atoms with Gasteiger partial charge in [0, 0.05) is 5.56 Å². The molecule has 9 rings (SSSR count). The Kier molecular flexibility index (Phi) is 13.6. The first-order valence-electron chi connectivity index (χ1n) is 21.3. The predicted molar refractivity (Wildman–Crippen MR) is 232 cm³/mol. The smallest absolute Gasteiger partial charge is 0.262 e. The van der Waals surface area contributed by atoms with Crippen LogP contribution >= 0.6 is 11.8 Å². The predicted octanol–water partition coefficient (Wildman–Crippen LogP) is 8.13. The van der Waals surface area contributed by atoms with Crippen LogP contribution in [0.3, 0.4) is 0 Å². The topological polar surface area (TPSA) is 111 Å². The third-order valence-corrected chi connectivity index (χ3v) is 12.8. The first-order valence-corrected chi connectivity index (χ1v) is 22.3. The van der Waals surface area contributed by atoms with Crippen LogP contribution in [0.15, 0.2) is 146 Å². The minimum absolute atomic E-state index is 0.188. The zero-order chi connectivity index (χ0) is 42.4. The number of nitrogens with zero attached hydrogens (tertiary/aromatic N) is 1. The van der Waals surface area contributed by atoms with E-state index in [-0.39, 0.29) is 19.8 Å². The summed E-state index contributed by atoms with van der Waals surface area (Å²) in [6, 6.07) is 45.4. The van der Waals surface area contributed by atoms with Gasteiger partial charge in [-0.15, -0.1) is 11.8 Å². The summed E-state index contributed by atoms with van der Waals surface area (Å²) in [6.07, 6.45) is -6.91. The van der Waals surface area contributed by atoms with Gasteiger partial charge in [-0.3, -0.25) is 14.5 Å². The Labute approximate surface area is 366 Å². The first-order chi connectivity index (χ1) is 30.5. The fourth-order valence-corrected chi connectivity index (χ4v) is 9.70. The Morgan fingerprint density at radius 2 is 1.10 bits per heavy atom. The Balaban J connectivity index is 1.11. The molecule has 3 fully saturated rings. The summed E-state index contributed by atoms with van der Waals surface area (Å²) in [7, 11) is 0. The molecule has 12 heteroatoms. The van der Waals surface area contributed by atoms with Gasteiger partial charge in [-0.25, -0.2) is 0 Å². The second-order valence-corrected chi connectivity index (χ2v) is 17.2. The van der Waals surface area contributed by atoms with Crippen LogP contribution < -0.4 is 0 Å². The molecule has 1 unspecified atom stereocenters. The van der Waals surface area contributed by atoms with Crippen molar-refractivity contribution in [3.05, 3.63) is 179 Å². The third kappa shape index (κ3) is 9.17. The molecule has 322 valence electrons. The van der Waals surface area contributed by atoms with Gasteiger partial charge in [-0.2, -0.15) is 0 Å². The monoisotopic (exact) mass is 857 g/mol. The fraction of sp³-hybridized carbons (Fsp3) is 0.360. The zero-order valence-corrected chi connectivity index (χ0v) is 35.5. The SMILES string of the molecule is CCS[C@@H]1O[C@@H]2COC(c3ccccc3)O[C@H]2[C@H](O[C@@H]2O[C@@H](C)[C@@H](OCc3ccccc3)[C@@H](OCc3ccccc3)[C@@H]2OCc2ccccc2)[C@H]1N1C(=O)c2ccccc2C1=O. The highest BCUT2D eigenvalue weighted by Gasteiger charge is 2.59. The van der Waals surface area contributed by atoms with Crippen molar-refractivity contribution in [3.8, 4) is 0 Å². The Morgan fingerprint density at radius 1 is 0.597 bits per heavy atom. The summed E-state index contributed by atoms with van der Waals surface area (Å²) >= 11 is 1.49. The lowest BCUT2D eigenvalue weighted by Crippen LogP contribution is -2.69. The molecule has 0 bridgehead atoms. The van der Waals surface area contributed by atoms with Gasteiger partial charge in [0.05, 0.1) is 43.7 Å². The van der Waals surface area contributed by atoms with E-state index < -0.39 is 78.6 Å². The highest BCUT2D eigenvalue weighted by molar-refractivity contribution is 7.99. The molecule has 0 aliphatic carbocycles. The summed E-state index contributed by atoms with van der Waals surface area (Å²) in [5.41, 5.74) is 3.70. The Hall–Kier alpha value is -4.73. The van der Waals surface area contributed by atoms with Crippen molar-refractivity contribution in [1.29, 1.82) is 0 Å². The molecule has 11 atom stereocenters. The number of ether oxygens (including phenoxy) is 8. The van der Waals surface area contributed by atoms with E-state index in [0.717, 1.165) is 22.3 Å². The van der Waals surface area contributed by atoms with Gasteiger partial charge in [0.25, 0.3) is 11.8 Å². The second-order valence-electron chi connectivity index (χ2n) is 15.8. The van der Waals surface area contributed by atoms with Crippen LogP contribution in [-0.4, -0.2) is 89.6 Å². The molecule has 0 N–H and O–H groups in total. The summed E-state index contributed by atoms with van der Waals surface area (Å²) in [6.45, 7) is 4.95. The van der Waals surface area contributed by atoms with Gasteiger partial charge in [0.15, 0.2) is 12.6 Å². The van der Waals surface area contributed by atoms with Crippen LogP contribution in [-0.2, 0) is 57.7 Å². The largest absolute Gasteiger partial charge is 0.368 e. The van der Waals surface area contributed by atoms with Gasteiger partial charge in [0.2, 0.25) is 0 Å².